The lowest BCUT2D eigenvalue weighted by molar-refractivity contribution is 0.112. The van der Waals surface area contributed by atoms with Crippen LogP contribution in [0.5, 0.6) is 0 Å². The molecule has 0 amide bonds. The molecule has 0 aliphatic rings. The number of rotatable bonds is 4. The molecule has 0 spiro atoms. The molecule has 0 unspecified atom stereocenters. The number of carbonyl (C=O) groups is 1. The van der Waals surface area contributed by atoms with Crippen molar-refractivity contribution < 1.29 is 4.79 Å². The first kappa shape index (κ1) is 11.3. The van der Waals surface area contributed by atoms with Crippen LogP contribution in [0.3, 0.4) is 0 Å². The van der Waals surface area contributed by atoms with Gasteiger partial charge in [-0.05, 0) is 6.42 Å². The molecule has 2 aromatic rings. The van der Waals surface area contributed by atoms with E-state index in [-0.39, 0.29) is 0 Å². The lowest BCUT2D eigenvalue weighted by Gasteiger charge is -1.95. The molecule has 2 aromatic heterocycles. The molecule has 0 aromatic carbocycles. The van der Waals surface area contributed by atoms with E-state index in [4.69, 9.17) is 11.6 Å². The van der Waals surface area contributed by atoms with Gasteiger partial charge in [-0.2, -0.15) is 9.78 Å². The van der Waals surface area contributed by atoms with Gasteiger partial charge in [-0.1, -0.05) is 24.9 Å². The molecule has 0 aliphatic carbocycles. The minimum Gasteiger partial charge on any atom is -0.298 e. The Hall–Kier alpha value is -1.20. The first-order chi connectivity index (χ1) is 7.77. The quantitative estimate of drug-likeness (QED) is 0.790. The molecule has 84 valence electrons. The Balaban J connectivity index is 2.51. The van der Waals surface area contributed by atoms with Gasteiger partial charge in [0.2, 0.25) is 5.13 Å². The summed E-state index contributed by atoms with van der Waals surface area (Å²) >= 11 is 7.52. The lowest BCUT2D eigenvalue weighted by Crippen LogP contribution is -1.96. The highest BCUT2D eigenvalue weighted by Crippen LogP contribution is 2.24. The summed E-state index contributed by atoms with van der Waals surface area (Å²) in [6.07, 6.45) is 4.10. The molecule has 0 saturated carbocycles. The highest BCUT2D eigenvalue weighted by atomic mass is 35.5. The summed E-state index contributed by atoms with van der Waals surface area (Å²) in [4.78, 5) is 15.1. The van der Waals surface area contributed by atoms with Crippen LogP contribution in [-0.4, -0.2) is 21.1 Å². The van der Waals surface area contributed by atoms with Crippen molar-refractivity contribution >= 4 is 29.2 Å². The smallest absolute Gasteiger partial charge is 0.211 e. The summed E-state index contributed by atoms with van der Waals surface area (Å²) in [6.45, 7) is 2.03. The van der Waals surface area contributed by atoms with Crippen molar-refractivity contribution in [2.24, 2.45) is 0 Å². The molecule has 6 heteroatoms. The van der Waals surface area contributed by atoms with Gasteiger partial charge < -0.3 is 0 Å². The average molecular weight is 256 g/mol. The van der Waals surface area contributed by atoms with Crippen molar-refractivity contribution in [1.29, 1.82) is 0 Å². The lowest BCUT2D eigenvalue weighted by atomic mass is 10.2. The van der Waals surface area contributed by atoms with Crippen LogP contribution in [0.15, 0.2) is 11.6 Å². The van der Waals surface area contributed by atoms with Gasteiger partial charge in [-0.25, -0.2) is 4.98 Å². The van der Waals surface area contributed by atoms with E-state index in [1.807, 2.05) is 12.3 Å². The van der Waals surface area contributed by atoms with Crippen molar-refractivity contribution in [2.75, 3.05) is 0 Å². The normalized spacial score (nSPS) is 10.6. The molecule has 0 atom stereocenters. The predicted molar refractivity (Wildman–Crippen MR) is 63.6 cm³/mol. The number of hydrogen-bond acceptors (Lipinski definition) is 4. The van der Waals surface area contributed by atoms with Crippen molar-refractivity contribution in [3.8, 4) is 5.13 Å². The van der Waals surface area contributed by atoms with E-state index >= 15 is 0 Å². The monoisotopic (exact) mass is 255 g/mol. The van der Waals surface area contributed by atoms with Crippen molar-refractivity contribution in [3.63, 3.8) is 0 Å². The fraction of sp³-hybridized carbons (Fsp3) is 0.300. The second-order valence-corrected chi connectivity index (χ2v) is 4.48. The summed E-state index contributed by atoms with van der Waals surface area (Å²) in [7, 11) is 0. The molecule has 2 heterocycles. The summed E-state index contributed by atoms with van der Waals surface area (Å²) in [6, 6.07) is 0. The molecule has 4 nitrogen and oxygen atoms in total. The van der Waals surface area contributed by atoms with E-state index in [0.29, 0.717) is 15.8 Å². The molecule has 0 saturated heterocycles. The van der Waals surface area contributed by atoms with E-state index in [1.165, 1.54) is 16.0 Å². The number of aryl methyl sites for hydroxylation is 1. The fourth-order valence-electron chi connectivity index (χ4n) is 1.44. The second kappa shape index (κ2) is 4.76. The van der Waals surface area contributed by atoms with Crippen molar-refractivity contribution in [3.05, 3.63) is 28.0 Å². The summed E-state index contributed by atoms with van der Waals surface area (Å²) < 4.78 is 1.51. The van der Waals surface area contributed by atoms with Gasteiger partial charge in [-0.15, -0.1) is 11.3 Å². The Morgan fingerprint density at radius 2 is 2.44 bits per heavy atom. The number of nitrogens with zero attached hydrogens (tertiary/aromatic N) is 3. The predicted octanol–water partition coefficient (Wildman–Crippen LogP) is 2.75. The number of thiazole rings is 1. The van der Waals surface area contributed by atoms with Crippen LogP contribution in [0, 0.1) is 0 Å². The van der Waals surface area contributed by atoms with E-state index in [1.54, 1.807) is 6.20 Å². The Morgan fingerprint density at radius 1 is 1.62 bits per heavy atom. The van der Waals surface area contributed by atoms with Gasteiger partial charge >= 0.3 is 0 Å². The van der Waals surface area contributed by atoms with Gasteiger partial charge in [0.1, 0.15) is 5.15 Å². The topological polar surface area (TPSA) is 47.8 Å². The molecular formula is C10H10ClN3OS. The highest BCUT2D eigenvalue weighted by Gasteiger charge is 2.17. The molecule has 0 fully saturated rings. The van der Waals surface area contributed by atoms with Crippen LogP contribution < -0.4 is 0 Å². The minimum absolute atomic E-state index is 0.341. The minimum atomic E-state index is 0.341. The maximum absolute atomic E-state index is 11.0. The van der Waals surface area contributed by atoms with Gasteiger partial charge in [0.25, 0.3) is 0 Å². The van der Waals surface area contributed by atoms with Crippen LogP contribution in [-0.2, 0) is 6.42 Å². The SMILES string of the molecule is CCCc1nn(-c2nccs2)c(Cl)c1C=O. The number of halogens is 1. The zero-order chi connectivity index (χ0) is 11.5. The molecular weight excluding hydrogens is 246 g/mol. The van der Waals surface area contributed by atoms with Crippen LogP contribution in [0.25, 0.3) is 5.13 Å². The summed E-state index contributed by atoms with van der Waals surface area (Å²) in [5, 5.41) is 7.17. The third-order valence-corrected chi connectivity index (χ3v) is 3.26. The van der Waals surface area contributed by atoms with Crippen LogP contribution >= 0.6 is 22.9 Å². The first-order valence-corrected chi connectivity index (χ1v) is 6.16. The Labute approximate surface area is 102 Å². The molecule has 0 radical (unpaired) electrons. The van der Waals surface area contributed by atoms with E-state index in [9.17, 15) is 4.79 Å². The third-order valence-electron chi connectivity index (χ3n) is 2.14. The number of hydrogen-bond donors (Lipinski definition) is 0. The van der Waals surface area contributed by atoms with E-state index in [0.717, 1.165) is 24.8 Å². The summed E-state index contributed by atoms with van der Waals surface area (Å²) in [5.41, 5.74) is 1.21. The van der Waals surface area contributed by atoms with Crippen LogP contribution in [0.4, 0.5) is 0 Å². The second-order valence-electron chi connectivity index (χ2n) is 3.25. The van der Waals surface area contributed by atoms with Crippen LogP contribution in [0.1, 0.15) is 29.4 Å². The molecule has 0 aliphatic heterocycles. The van der Waals surface area contributed by atoms with Gasteiger partial charge in [0, 0.05) is 11.6 Å². The van der Waals surface area contributed by atoms with Crippen molar-refractivity contribution in [2.45, 2.75) is 19.8 Å². The van der Waals surface area contributed by atoms with E-state index < -0.39 is 0 Å². The maximum atomic E-state index is 11.0. The van der Waals surface area contributed by atoms with Gasteiger partial charge in [-0.3, -0.25) is 4.79 Å². The zero-order valence-corrected chi connectivity index (χ0v) is 10.3. The molecule has 16 heavy (non-hydrogen) atoms. The third kappa shape index (κ3) is 1.88. The Kier molecular flexibility index (Phi) is 3.36. The van der Waals surface area contributed by atoms with Gasteiger partial charge in [0.05, 0.1) is 11.3 Å². The maximum Gasteiger partial charge on any atom is 0.211 e. The van der Waals surface area contributed by atoms with Crippen molar-refractivity contribution in [1.82, 2.24) is 14.8 Å². The summed E-state index contributed by atoms with van der Waals surface area (Å²) in [5.74, 6) is 0. The fourth-order valence-corrected chi connectivity index (χ4v) is 2.36. The van der Waals surface area contributed by atoms with Gasteiger partial charge in [0.15, 0.2) is 6.29 Å². The number of aromatic nitrogens is 3. The standard InChI is InChI=1S/C10H10ClN3OS/c1-2-3-8-7(6-15)9(11)14(13-8)10-12-4-5-16-10/h4-6H,2-3H2,1H3. The number of carbonyl (C=O) groups excluding carboxylic acids is 1. The average Bonchev–Trinajstić information content (AvgIpc) is 2.87. The zero-order valence-electron chi connectivity index (χ0n) is 8.68. The largest absolute Gasteiger partial charge is 0.298 e. The molecule has 0 bridgehead atoms. The Morgan fingerprint density at radius 3 is 3.00 bits per heavy atom. The Bertz CT molecular complexity index is 492. The number of aldehydes is 1. The van der Waals surface area contributed by atoms with Crippen LogP contribution in [0.2, 0.25) is 5.15 Å². The molecule has 2 rings (SSSR count). The highest BCUT2D eigenvalue weighted by molar-refractivity contribution is 7.12. The van der Waals surface area contributed by atoms with E-state index in [2.05, 4.69) is 10.1 Å². The first-order valence-electron chi connectivity index (χ1n) is 4.90. The molecule has 0 N–H and O–H groups in total.